The number of urea groups is 1. The highest BCUT2D eigenvalue weighted by Crippen LogP contribution is 2.20. The molecule has 0 aliphatic carbocycles. The van der Waals surface area contributed by atoms with Crippen LogP contribution in [0.5, 0.6) is 0 Å². The Hall–Kier alpha value is -3.51. The highest BCUT2D eigenvalue weighted by atomic mass is 32.2. The van der Waals surface area contributed by atoms with E-state index in [0.29, 0.717) is 48.5 Å². The molecule has 1 aromatic heterocycles. The Labute approximate surface area is 198 Å². The first-order valence-electron chi connectivity index (χ1n) is 11.0. The van der Waals surface area contributed by atoms with E-state index in [1.165, 1.54) is 16.4 Å². The lowest BCUT2D eigenvalue weighted by Crippen LogP contribution is -2.31. The van der Waals surface area contributed by atoms with Crippen molar-refractivity contribution in [3.05, 3.63) is 48.0 Å². The van der Waals surface area contributed by atoms with Gasteiger partial charge in [0.05, 0.1) is 29.1 Å². The van der Waals surface area contributed by atoms with Crippen molar-refractivity contribution in [3.8, 4) is 0 Å². The van der Waals surface area contributed by atoms with Gasteiger partial charge >= 0.3 is 12.0 Å². The second-order valence-electron chi connectivity index (χ2n) is 7.23. The summed E-state index contributed by atoms with van der Waals surface area (Å²) < 4.78 is 33.3. The fourth-order valence-electron chi connectivity index (χ4n) is 3.34. The van der Waals surface area contributed by atoms with Crippen LogP contribution in [-0.4, -0.2) is 66.0 Å². The molecule has 2 aromatic carbocycles. The number of esters is 1. The number of sulfonamides is 1. The molecule has 3 aromatic rings. The number of carbonyl (C=O) groups is 2. The number of anilines is 1. The van der Waals surface area contributed by atoms with Gasteiger partial charge in [-0.1, -0.05) is 19.1 Å². The van der Waals surface area contributed by atoms with Gasteiger partial charge in [0, 0.05) is 25.3 Å². The third-order valence-electron chi connectivity index (χ3n) is 5.09. The topological polar surface area (TPSA) is 136 Å². The number of amides is 2. The fraction of sp³-hybridized carbons (Fsp3) is 0.364. The van der Waals surface area contributed by atoms with Crippen LogP contribution < -0.4 is 10.6 Å². The van der Waals surface area contributed by atoms with Gasteiger partial charge in [0.15, 0.2) is 0 Å². The Morgan fingerprint density at radius 2 is 1.76 bits per heavy atom. The average Bonchev–Trinajstić information content (AvgIpc) is 3.22. The van der Waals surface area contributed by atoms with Crippen LogP contribution in [0.1, 0.15) is 31.1 Å². The molecular formula is C22H28N6O5S. The van der Waals surface area contributed by atoms with Gasteiger partial charge in [-0.3, -0.25) is 0 Å². The zero-order valence-electron chi connectivity index (χ0n) is 19.3. The van der Waals surface area contributed by atoms with Crippen LogP contribution in [0.25, 0.3) is 11.0 Å². The molecule has 0 saturated carbocycles. The van der Waals surface area contributed by atoms with Gasteiger partial charge in [0.2, 0.25) is 10.0 Å². The number of hydrogen-bond acceptors (Lipinski definition) is 7. The van der Waals surface area contributed by atoms with E-state index in [4.69, 9.17) is 4.74 Å². The van der Waals surface area contributed by atoms with Crippen molar-refractivity contribution >= 4 is 38.7 Å². The maximum atomic E-state index is 12.7. The molecule has 0 bridgehead atoms. The summed E-state index contributed by atoms with van der Waals surface area (Å²) in [4.78, 5) is 24.0. The van der Waals surface area contributed by atoms with Gasteiger partial charge in [-0.2, -0.15) is 4.31 Å². The van der Waals surface area contributed by atoms with Crippen molar-refractivity contribution in [1.29, 1.82) is 0 Å². The molecule has 11 nitrogen and oxygen atoms in total. The SMILES string of the molecule is CCOC(=O)c1ccc(NC(=O)NCCn2nnc3cc(S(=O)(=O)N(CC)CC)ccc32)cc1. The lowest BCUT2D eigenvalue weighted by atomic mass is 10.2. The van der Waals surface area contributed by atoms with E-state index in [2.05, 4.69) is 20.9 Å². The van der Waals surface area contributed by atoms with E-state index >= 15 is 0 Å². The molecule has 0 aliphatic rings. The Kier molecular flexibility index (Phi) is 8.18. The fourth-order valence-corrected chi connectivity index (χ4v) is 4.82. The normalized spacial score (nSPS) is 11.5. The van der Waals surface area contributed by atoms with Gasteiger partial charge in [-0.25, -0.2) is 22.7 Å². The summed E-state index contributed by atoms with van der Waals surface area (Å²) in [6.07, 6.45) is 0. The number of rotatable bonds is 10. The Morgan fingerprint density at radius 3 is 2.41 bits per heavy atom. The third kappa shape index (κ3) is 5.69. The minimum Gasteiger partial charge on any atom is -0.462 e. The number of ether oxygens (including phenoxy) is 1. The van der Waals surface area contributed by atoms with Crippen LogP contribution in [0.3, 0.4) is 0 Å². The summed E-state index contributed by atoms with van der Waals surface area (Å²) in [6.45, 7) is 6.97. The molecule has 182 valence electrons. The second-order valence-corrected chi connectivity index (χ2v) is 9.17. The van der Waals surface area contributed by atoms with Crippen molar-refractivity contribution < 1.29 is 22.7 Å². The number of aromatic nitrogens is 3. The van der Waals surface area contributed by atoms with Gasteiger partial charge < -0.3 is 15.4 Å². The van der Waals surface area contributed by atoms with Crippen molar-refractivity contribution in [2.45, 2.75) is 32.2 Å². The number of hydrogen-bond donors (Lipinski definition) is 2. The van der Waals surface area contributed by atoms with Crippen molar-refractivity contribution in [2.24, 2.45) is 0 Å². The summed E-state index contributed by atoms with van der Waals surface area (Å²) in [6, 6.07) is 10.7. The summed E-state index contributed by atoms with van der Waals surface area (Å²) in [7, 11) is -3.59. The molecule has 0 radical (unpaired) electrons. The first kappa shape index (κ1) is 25.1. The Bertz CT molecular complexity index is 1250. The maximum absolute atomic E-state index is 12.7. The predicted octanol–water partition coefficient (Wildman–Crippen LogP) is 2.46. The largest absolute Gasteiger partial charge is 0.462 e. The molecule has 1 heterocycles. The molecule has 0 aliphatic heterocycles. The highest BCUT2D eigenvalue weighted by Gasteiger charge is 2.22. The molecular weight excluding hydrogens is 460 g/mol. The first-order chi connectivity index (χ1) is 16.3. The van der Waals surface area contributed by atoms with Crippen LogP contribution >= 0.6 is 0 Å². The predicted molar refractivity (Wildman–Crippen MR) is 127 cm³/mol. The molecule has 0 fully saturated rings. The van der Waals surface area contributed by atoms with Crippen molar-refractivity contribution in [1.82, 2.24) is 24.6 Å². The van der Waals surface area contributed by atoms with E-state index in [9.17, 15) is 18.0 Å². The number of fused-ring (bicyclic) bond motifs is 1. The summed E-state index contributed by atoms with van der Waals surface area (Å²) in [5.41, 5.74) is 2.05. The van der Waals surface area contributed by atoms with E-state index < -0.39 is 22.0 Å². The van der Waals surface area contributed by atoms with E-state index in [0.717, 1.165) is 0 Å². The molecule has 0 unspecified atom stereocenters. The van der Waals surface area contributed by atoms with Crippen LogP contribution in [-0.2, 0) is 21.3 Å². The maximum Gasteiger partial charge on any atom is 0.338 e. The Morgan fingerprint density at radius 1 is 1.06 bits per heavy atom. The molecule has 2 N–H and O–H groups in total. The van der Waals surface area contributed by atoms with Gasteiger partial charge in [0.1, 0.15) is 5.52 Å². The third-order valence-corrected chi connectivity index (χ3v) is 7.14. The quantitative estimate of drug-likeness (QED) is 0.419. The smallest absolute Gasteiger partial charge is 0.338 e. The van der Waals surface area contributed by atoms with Crippen LogP contribution in [0.15, 0.2) is 47.4 Å². The molecule has 2 amide bonds. The summed E-state index contributed by atoms with van der Waals surface area (Å²) in [5.74, 6) is -0.420. The van der Waals surface area contributed by atoms with E-state index in [1.807, 2.05) is 0 Å². The number of nitrogens with one attached hydrogen (secondary N) is 2. The van der Waals surface area contributed by atoms with Crippen molar-refractivity contribution in [3.63, 3.8) is 0 Å². The Balaban J connectivity index is 1.57. The second kappa shape index (κ2) is 11.1. The first-order valence-corrected chi connectivity index (χ1v) is 12.4. The van der Waals surface area contributed by atoms with Crippen LogP contribution in [0.4, 0.5) is 10.5 Å². The summed E-state index contributed by atoms with van der Waals surface area (Å²) in [5, 5.41) is 13.5. The molecule has 12 heteroatoms. The minimum absolute atomic E-state index is 0.169. The monoisotopic (exact) mass is 488 g/mol. The highest BCUT2D eigenvalue weighted by molar-refractivity contribution is 7.89. The van der Waals surface area contributed by atoms with Crippen molar-refractivity contribution in [2.75, 3.05) is 31.6 Å². The molecule has 0 spiro atoms. The number of benzene rings is 2. The lowest BCUT2D eigenvalue weighted by molar-refractivity contribution is 0.0526. The number of nitrogens with zero attached hydrogens (tertiary/aromatic N) is 4. The van der Waals surface area contributed by atoms with Crippen LogP contribution in [0, 0.1) is 0 Å². The number of carbonyl (C=O) groups excluding carboxylic acids is 2. The average molecular weight is 489 g/mol. The minimum atomic E-state index is -3.59. The zero-order valence-corrected chi connectivity index (χ0v) is 20.1. The van der Waals surface area contributed by atoms with Crippen LogP contribution in [0.2, 0.25) is 0 Å². The van der Waals surface area contributed by atoms with Gasteiger partial charge in [-0.05, 0) is 49.4 Å². The standard InChI is InChI=1S/C22H28N6O5S/c1-4-27(5-2)34(31,32)18-11-12-20-19(15-18)25-26-28(20)14-13-23-22(30)24-17-9-7-16(8-10-17)21(29)33-6-3/h7-12,15H,4-6,13-14H2,1-3H3,(H2,23,24,30). The van der Waals surface area contributed by atoms with Gasteiger partial charge in [-0.15, -0.1) is 5.10 Å². The van der Waals surface area contributed by atoms with Gasteiger partial charge in [0.25, 0.3) is 0 Å². The molecule has 0 atom stereocenters. The lowest BCUT2D eigenvalue weighted by Gasteiger charge is -2.18. The zero-order chi connectivity index (χ0) is 24.7. The molecule has 3 rings (SSSR count). The summed E-state index contributed by atoms with van der Waals surface area (Å²) >= 11 is 0. The van der Waals surface area contributed by atoms with E-state index in [-0.39, 0.29) is 11.4 Å². The molecule has 0 saturated heterocycles. The van der Waals surface area contributed by atoms with E-state index in [1.54, 1.807) is 55.8 Å². The molecule has 34 heavy (non-hydrogen) atoms.